The topological polar surface area (TPSA) is 55.6 Å². The van der Waals surface area contributed by atoms with Gasteiger partial charge in [0, 0.05) is 25.9 Å². The van der Waals surface area contributed by atoms with Crippen LogP contribution in [0.3, 0.4) is 0 Å². The van der Waals surface area contributed by atoms with Gasteiger partial charge >= 0.3 is 0 Å². The molecule has 128 valence electrons. The lowest BCUT2D eigenvalue weighted by molar-refractivity contribution is 0.0593. The van der Waals surface area contributed by atoms with Crippen molar-refractivity contribution in [1.29, 1.82) is 0 Å². The lowest BCUT2D eigenvalue weighted by atomic mass is 10.1. The Morgan fingerprint density at radius 2 is 1.88 bits per heavy atom. The molecule has 3 rings (SSSR count). The van der Waals surface area contributed by atoms with Crippen molar-refractivity contribution in [2.24, 2.45) is 0 Å². The van der Waals surface area contributed by atoms with Crippen molar-refractivity contribution in [3.05, 3.63) is 46.3 Å². The average molecular weight is 328 g/mol. The van der Waals surface area contributed by atoms with Crippen molar-refractivity contribution in [2.45, 2.75) is 46.6 Å². The number of nitrogens with zero attached hydrogens (tertiary/aromatic N) is 2. The highest BCUT2D eigenvalue weighted by molar-refractivity contribution is 5.96. The van der Waals surface area contributed by atoms with Crippen LogP contribution in [0.2, 0.25) is 0 Å². The van der Waals surface area contributed by atoms with Crippen LogP contribution >= 0.6 is 0 Å². The molecular weight excluding hydrogens is 304 g/mol. The fourth-order valence-corrected chi connectivity index (χ4v) is 3.10. The van der Waals surface area contributed by atoms with Crippen LogP contribution < -0.4 is 4.74 Å². The summed E-state index contributed by atoms with van der Waals surface area (Å²) in [4.78, 5) is 14.5. The number of piperidine rings is 1. The van der Waals surface area contributed by atoms with Gasteiger partial charge in [0.25, 0.3) is 5.91 Å². The van der Waals surface area contributed by atoms with Gasteiger partial charge in [-0.1, -0.05) is 11.2 Å². The summed E-state index contributed by atoms with van der Waals surface area (Å²) in [6.45, 7) is 9.16. The van der Waals surface area contributed by atoms with Gasteiger partial charge in [-0.15, -0.1) is 0 Å². The molecule has 5 heteroatoms. The van der Waals surface area contributed by atoms with Crippen LogP contribution in [0.1, 0.15) is 45.8 Å². The second-order valence-electron chi connectivity index (χ2n) is 6.55. The van der Waals surface area contributed by atoms with Gasteiger partial charge in [-0.3, -0.25) is 4.79 Å². The van der Waals surface area contributed by atoms with Crippen LogP contribution in [0.15, 0.2) is 22.7 Å². The number of carbonyl (C=O) groups excluding carboxylic acids is 1. The quantitative estimate of drug-likeness (QED) is 0.864. The van der Waals surface area contributed by atoms with Crippen molar-refractivity contribution >= 4 is 5.91 Å². The molecule has 1 amide bonds. The van der Waals surface area contributed by atoms with E-state index in [1.54, 1.807) is 13.8 Å². The summed E-state index contributed by atoms with van der Waals surface area (Å²) in [5.74, 6) is 1.51. The van der Waals surface area contributed by atoms with E-state index in [4.69, 9.17) is 9.26 Å². The van der Waals surface area contributed by atoms with Gasteiger partial charge in [0.05, 0.1) is 5.69 Å². The summed E-state index contributed by atoms with van der Waals surface area (Å²) in [5.41, 5.74) is 3.76. The second-order valence-corrected chi connectivity index (χ2v) is 6.55. The molecule has 2 aromatic rings. The highest BCUT2D eigenvalue weighted by Crippen LogP contribution is 2.23. The average Bonchev–Trinajstić information content (AvgIpc) is 2.90. The number of amides is 1. The number of rotatable bonds is 3. The predicted octanol–water partition coefficient (Wildman–Crippen LogP) is 3.59. The Bertz CT molecular complexity index is 724. The van der Waals surface area contributed by atoms with Crippen LogP contribution in [0.4, 0.5) is 0 Å². The van der Waals surface area contributed by atoms with Crippen molar-refractivity contribution in [2.75, 3.05) is 13.1 Å². The lowest BCUT2D eigenvalue weighted by Crippen LogP contribution is -2.42. The highest BCUT2D eigenvalue weighted by atomic mass is 16.5. The van der Waals surface area contributed by atoms with Gasteiger partial charge in [0.2, 0.25) is 0 Å². The van der Waals surface area contributed by atoms with E-state index in [1.807, 2.05) is 11.0 Å². The molecule has 1 aliphatic heterocycles. The van der Waals surface area contributed by atoms with Gasteiger partial charge in [0.15, 0.2) is 0 Å². The standard InChI is InChI=1S/C19H24N2O3/c1-12-5-6-17(11-13(12)2)23-16-7-9-21(10-8-16)19(22)18-14(3)20-24-15(18)4/h5-6,11,16H,7-10H2,1-4H3. The monoisotopic (exact) mass is 328 g/mol. The normalized spacial score (nSPS) is 15.6. The third-order valence-corrected chi connectivity index (χ3v) is 4.76. The maximum atomic E-state index is 12.6. The third kappa shape index (κ3) is 3.30. The fraction of sp³-hybridized carbons (Fsp3) is 0.474. The minimum absolute atomic E-state index is 0.0101. The summed E-state index contributed by atoms with van der Waals surface area (Å²) in [6, 6.07) is 6.18. The van der Waals surface area contributed by atoms with Gasteiger partial charge in [-0.25, -0.2) is 0 Å². The minimum Gasteiger partial charge on any atom is -0.490 e. The molecule has 0 radical (unpaired) electrons. The van der Waals surface area contributed by atoms with Crippen molar-refractivity contribution in [3.63, 3.8) is 0 Å². The van der Waals surface area contributed by atoms with E-state index >= 15 is 0 Å². The van der Waals surface area contributed by atoms with Crippen LogP contribution in [-0.2, 0) is 0 Å². The Balaban J connectivity index is 1.59. The summed E-state index contributed by atoms with van der Waals surface area (Å²) in [7, 11) is 0. The molecule has 5 nitrogen and oxygen atoms in total. The number of hydrogen-bond acceptors (Lipinski definition) is 4. The lowest BCUT2D eigenvalue weighted by Gasteiger charge is -2.32. The molecular formula is C19H24N2O3. The Morgan fingerprint density at radius 1 is 1.17 bits per heavy atom. The molecule has 0 aliphatic carbocycles. The van der Waals surface area contributed by atoms with Crippen LogP contribution in [-0.4, -0.2) is 35.2 Å². The first kappa shape index (κ1) is 16.6. The largest absolute Gasteiger partial charge is 0.490 e. The Kier molecular flexibility index (Phi) is 4.60. The van der Waals surface area contributed by atoms with Gasteiger partial charge < -0.3 is 14.2 Å². The maximum absolute atomic E-state index is 12.6. The second kappa shape index (κ2) is 6.67. The highest BCUT2D eigenvalue weighted by Gasteiger charge is 2.28. The zero-order valence-corrected chi connectivity index (χ0v) is 14.8. The smallest absolute Gasteiger partial charge is 0.259 e. The molecule has 1 fully saturated rings. The van der Waals surface area contributed by atoms with Gasteiger partial charge in [-0.2, -0.15) is 0 Å². The zero-order chi connectivity index (χ0) is 17.3. The molecule has 0 atom stereocenters. The fourth-order valence-electron chi connectivity index (χ4n) is 3.10. The number of aryl methyl sites for hydroxylation is 4. The van der Waals surface area contributed by atoms with E-state index in [-0.39, 0.29) is 12.0 Å². The van der Waals surface area contributed by atoms with Gasteiger partial charge in [-0.05, 0) is 51.0 Å². The molecule has 1 saturated heterocycles. The van der Waals surface area contributed by atoms with E-state index < -0.39 is 0 Å². The van der Waals surface area contributed by atoms with Crippen LogP contribution in [0.25, 0.3) is 0 Å². The van der Waals surface area contributed by atoms with Crippen LogP contribution in [0, 0.1) is 27.7 Å². The van der Waals surface area contributed by atoms with E-state index in [2.05, 4.69) is 31.1 Å². The van der Waals surface area contributed by atoms with E-state index in [0.717, 1.165) is 18.6 Å². The van der Waals surface area contributed by atoms with E-state index in [1.165, 1.54) is 11.1 Å². The number of benzene rings is 1. The first-order valence-corrected chi connectivity index (χ1v) is 8.41. The molecule has 1 aromatic heterocycles. The number of carbonyl (C=O) groups is 1. The summed E-state index contributed by atoms with van der Waals surface area (Å²) in [6.07, 6.45) is 1.82. The molecule has 0 unspecified atom stereocenters. The third-order valence-electron chi connectivity index (χ3n) is 4.76. The Hall–Kier alpha value is -2.30. The molecule has 0 saturated carbocycles. The minimum atomic E-state index is 0.0101. The Labute approximate surface area is 142 Å². The SMILES string of the molecule is Cc1ccc(OC2CCN(C(=O)c3c(C)noc3C)CC2)cc1C. The van der Waals surface area contributed by atoms with E-state index in [9.17, 15) is 4.79 Å². The first-order valence-electron chi connectivity index (χ1n) is 8.41. The number of aromatic nitrogens is 1. The van der Waals surface area contributed by atoms with Gasteiger partial charge in [0.1, 0.15) is 23.2 Å². The molecule has 0 bridgehead atoms. The summed E-state index contributed by atoms with van der Waals surface area (Å²) in [5, 5.41) is 3.87. The predicted molar refractivity (Wildman–Crippen MR) is 91.4 cm³/mol. The van der Waals surface area contributed by atoms with Crippen molar-refractivity contribution in [1.82, 2.24) is 10.1 Å². The van der Waals surface area contributed by atoms with Crippen LogP contribution in [0.5, 0.6) is 5.75 Å². The summed E-state index contributed by atoms with van der Waals surface area (Å²) >= 11 is 0. The first-order chi connectivity index (χ1) is 11.5. The number of hydrogen-bond donors (Lipinski definition) is 0. The molecule has 1 aromatic carbocycles. The molecule has 0 N–H and O–H groups in total. The van der Waals surface area contributed by atoms with Crippen molar-refractivity contribution < 1.29 is 14.1 Å². The number of ether oxygens (including phenoxy) is 1. The summed E-state index contributed by atoms with van der Waals surface area (Å²) < 4.78 is 11.2. The Morgan fingerprint density at radius 3 is 2.46 bits per heavy atom. The van der Waals surface area contributed by atoms with Crippen molar-refractivity contribution in [3.8, 4) is 5.75 Å². The van der Waals surface area contributed by atoms with E-state index in [0.29, 0.717) is 30.1 Å². The zero-order valence-electron chi connectivity index (χ0n) is 14.8. The molecule has 24 heavy (non-hydrogen) atoms. The molecule has 2 heterocycles. The number of likely N-dealkylation sites (tertiary alicyclic amines) is 1. The molecule has 0 spiro atoms. The molecule has 1 aliphatic rings. The maximum Gasteiger partial charge on any atom is 0.259 e.